The normalized spacial score (nSPS) is 12.2. The monoisotopic (exact) mass is 416 g/mol. The fourth-order valence-electron chi connectivity index (χ4n) is 3.08. The Bertz CT molecular complexity index is 1060. The Labute approximate surface area is 171 Å². The van der Waals surface area contributed by atoms with Crippen LogP contribution in [0.5, 0.6) is 11.5 Å². The van der Waals surface area contributed by atoms with Gasteiger partial charge in [0, 0.05) is 31.2 Å². The average Bonchev–Trinajstić information content (AvgIpc) is 3.16. The third kappa shape index (κ3) is 4.33. The van der Waals surface area contributed by atoms with E-state index in [9.17, 15) is 13.2 Å². The number of nitrogens with one attached hydrogen (secondary N) is 1. The van der Waals surface area contributed by atoms with Crippen LogP contribution in [0.3, 0.4) is 0 Å². The zero-order chi connectivity index (χ0) is 21.9. The van der Waals surface area contributed by atoms with Crippen molar-refractivity contribution < 1.29 is 22.6 Å². The summed E-state index contributed by atoms with van der Waals surface area (Å²) in [5, 5.41) is 12.1. The van der Waals surface area contributed by atoms with Crippen molar-refractivity contribution >= 4 is 5.69 Å². The highest BCUT2D eigenvalue weighted by atomic mass is 19.4. The van der Waals surface area contributed by atoms with Gasteiger partial charge in [0.25, 0.3) is 0 Å². The molecule has 1 aromatic heterocycles. The Morgan fingerprint density at radius 2 is 1.77 bits per heavy atom. The van der Waals surface area contributed by atoms with Crippen molar-refractivity contribution in [1.29, 1.82) is 5.26 Å². The van der Waals surface area contributed by atoms with E-state index in [4.69, 9.17) is 14.7 Å². The summed E-state index contributed by atoms with van der Waals surface area (Å²) in [5.74, 6) is 1.63. The van der Waals surface area contributed by atoms with E-state index in [-0.39, 0.29) is 5.69 Å². The number of alkyl halides is 3. The molecule has 3 aromatic rings. The van der Waals surface area contributed by atoms with Gasteiger partial charge in [-0.25, -0.2) is 4.98 Å². The molecule has 3 rings (SSSR count). The molecule has 0 aliphatic rings. The number of aryl methyl sites for hydroxylation is 1. The number of nitrogens with zero attached hydrogens (tertiary/aromatic N) is 3. The van der Waals surface area contributed by atoms with Gasteiger partial charge in [0.1, 0.15) is 23.4 Å². The van der Waals surface area contributed by atoms with Gasteiger partial charge in [-0.1, -0.05) is 0 Å². The molecule has 9 heteroatoms. The zero-order valence-electron chi connectivity index (χ0n) is 16.5. The standard InChI is InChI=1S/C21H19F3N4O2/c1-28-7-6-26-20(28)19(14-8-16(29-2)11-17(9-14)30-3)27-15-5-4-13(12-25)18(10-15)21(22,23)24/h4-11,19,27H,1-3H3. The molecule has 1 heterocycles. The lowest BCUT2D eigenvalue weighted by Crippen LogP contribution is -2.18. The third-order valence-corrected chi connectivity index (χ3v) is 4.58. The van der Waals surface area contributed by atoms with Gasteiger partial charge < -0.3 is 19.4 Å². The Hall–Kier alpha value is -3.67. The quantitative estimate of drug-likeness (QED) is 0.639. The first-order chi connectivity index (χ1) is 14.3. The molecular formula is C21H19F3N4O2. The van der Waals surface area contributed by atoms with Gasteiger partial charge in [0.05, 0.1) is 31.4 Å². The molecule has 1 unspecified atom stereocenters. The fraction of sp³-hybridized carbons (Fsp3) is 0.238. The second-order valence-corrected chi connectivity index (χ2v) is 6.49. The molecule has 0 spiro atoms. The highest BCUT2D eigenvalue weighted by Crippen LogP contribution is 2.36. The van der Waals surface area contributed by atoms with Gasteiger partial charge in [-0.05, 0) is 35.9 Å². The molecule has 0 saturated heterocycles. The number of imidazole rings is 1. The van der Waals surface area contributed by atoms with Crippen LogP contribution in [-0.4, -0.2) is 23.8 Å². The Morgan fingerprint density at radius 1 is 1.10 bits per heavy atom. The van der Waals surface area contributed by atoms with E-state index in [0.717, 1.165) is 12.1 Å². The molecule has 0 saturated carbocycles. The second-order valence-electron chi connectivity index (χ2n) is 6.49. The first kappa shape index (κ1) is 21.0. The average molecular weight is 416 g/mol. The van der Waals surface area contributed by atoms with E-state index in [1.807, 2.05) is 0 Å². The van der Waals surface area contributed by atoms with Crippen molar-refractivity contribution in [3.05, 3.63) is 71.3 Å². The number of hydrogen-bond donors (Lipinski definition) is 1. The van der Waals surface area contributed by atoms with E-state index < -0.39 is 23.3 Å². The van der Waals surface area contributed by atoms with Crippen molar-refractivity contribution in [2.75, 3.05) is 19.5 Å². The van der Waals surface area contributed by atoms with E-state index in [1.165, 1.54) is 20.3 Å². The number of ether oxygens (including phenoxy) is 2. The molecule has 2 aromatic carbocycles. The van der Waals surface area contributed by atoms with Crippen molar-refractivity contribution in [1.82, 2.24) is 9.55 Å². The van der Waals surface area contributed by atoms with Crippen molar-refractivity contribution in [2.24, 2.45) is 7.05 Å². The van der Waals surface area contributed by atoms with Gasteiger partial charge in [0.15, 0.2) is 0 Å². The minimum absolute atomic E-state index is 0.191. The summed E-state index contributed by atoms with van der Waals surface area (Å²) in [6, 6.07) is 9.68. The summed E-state index contributed by atoms with van der Waals surface area (Å²) >= 11 is 0. The SMILES string of the molecule is COc1cc(OC)cc(C(Nc2ccc(C#N)c(C(F)(F)F)c2)c2nccn2C)c1. The summed E-state index contributed by atoms with van der Waals surface area (Å²) in [5.41, 5.74) is -0.573. The molecule has 30 heavy (non-hydrogen) atoms. The van der Waals surface area contributed by atoms with Crippen LogP contribution in [0.2, 0.25) is 0 Å². The van der Waals surface area contributed by atoms with Crippen LogP contribution >= 0.6 is 0 Å². The predicted molar refractivity (Wildman–Crippen MR) is 104 cm³/mol. The lowest BCUT2D eigenvalue weighted by atomic mass is 10.0. The highest BCUT2D eigenvalue weighted by molar-refractivity contribution is 5.56. The molecule has 156 valence electrons. The number of rotatable bonds is 6. The lowest BCUT2D eigenvalue weighted by molar-refractivity contribution is -0.137. The second kappa shape index (κ2) is 8.37. The van der Waals surface area contributed by atoms with Gasteiger partial charge in [0.2, 0.25) is 0 Å². The van der Waals surface area contributed by atoms with Crippen LogP contribution in [-0.2, 0) is 13.2 Å². The van der Waals surface area contributed by atoms with Gasteiger partial charge in [-0.3, -0.25) is 0 Å². The zero-order valence-corrected chi connectivity index (χ0v) is 16.5. The molecule has 6 nitrogen and oxygen atoms in total. The van der Waals surface area contributed by atoms with Crippen LogP contribution in [0.25, 0.3) is 0 Å². The molecule has 0 fully saturated rings. The summed E-state index contributed by atoms with van der Waals surface area (Å²) in [6.45, 7) is 0. The van der Waals surface area contributed by atoms with Gasteiger partial charge in [-0.2, -0.15) is 18.4 Å². The number of anilines is 1. The van der Waals surface area contributed by atoms with Crippen LogP contribution in [0.4, 0.5) is 18.9 Å². The lowest BCUT2D eigenvalue weighted by Gasteiger charge is -2.22. The van der Waals surface area contributed by atoms with Crippen molar-refractivity contribution in [3.63, 3.8) is 0 Å². The Kier molecular flexibility index (Phi) is 5.87. The number of hydrogen-bond acceptors (Lipinski definition) is 5. The van der Waals surface area contributed by atoms with Gasteiger partial charge in [-0.15, -0.1) is 0 Å². The van der Waals surface area contributed by atoms with Crippen molar-refractivity contribution in [2.45, 2.75) is 12.2 Å². The Morgan fingerprint density at radius 3 is 2.27 bits per heavy atom. The first-order valence-electron chi connectivity index (χ1n) is 8.85. The van der Waals surface area contributed by atoms with Crippen LogP contribution in [0, 0.1) is 11.3 Å². The molecular weight excluding hydrogens is 397 g/mol. The topological polar surface area (TPSA) is 72.1 Å². The van der Waals surface area contributed by atoms with Crippen LogP contribution in [0.15, 0.2) is 48.8 Å². The molecule has 0 bridgehead atoms. The number of halogens is 3. The number of methoxy groups -OCH3 is 2. The Balaban J connectivity index is 2.11. The minimum atomic E-state index is -4.65. The number of aromatic nitrogens is 2. The molecule has 1 N–H and O–H groups in total. The predicted octanol–water partition coefficient (Wildman–Crippen LogP) is 4.53. The van der Waals surface area contributed by atoms with E-state index in [1.54, 1.807) is 48.3 Å². The third-order valence-electron chi connectivity index (χ3n) is 4.58. The number of nitriles is 1. The summed E-state index contributed by atoms with van der Waals surface area (Å²) in [7, 11) is 4.81. The van der Waals surface area contributed by atoms with Crippen molar-refractivity contribution in [3.8, 4) is 17.6 Å². The highest BCUT2D eigenvalue weighted by Gasteiger charge is 2.34. The molecule has 0 amide bonds. The van der Waals surface area contributed by atoms with E-state index in [0.29, 0.717) is 22.9 Å². The molecule has 0 aliphatic heterocycles. The van der Waals surface area contributed by atoms with Gasteiger partial charge >= 0.3 is 6.18 Å². The van der Waals surface area contributed by atoms with E-state index >= 15 is 0 Å². The maximum atomic E-state index is 13.4. The maximum absolute atomic E-state index is 13.4. The fourth-order valence-corrected chi connectivity index (χ4v) is 3.08. The summed E-state index contributed by atoms with van der Waals surface area (Å²) < 4.78 is 52.5. The van der Waals surface area contributed by atoms with E-state index in [2.05, 4.69) is 10.3 Å². The maximum Gasteiger partial charge on any atom is 0.417 e. The molecule has 1 atom stereocenters. The minimum Gasteiger partial charge on any atom is -0.497 e. The molecule has 0 radical (unpaired) electrons. The summed E-state index contributed by atoms with van der Waals surface area (Å²) in [4.78, 5) is 4.35. The molecule has 0 aliphatic carbocycles. The largest absolute Gasteiger partial charge is 0.497 e. The van der Waals surface area contributed by atoms with Crippen LogP contribution < -0.4 is 14.8 Å². The summed E-state index contributed by atoms with van der Waals surface area (Å²) in [6.07, 6.45) is -1.32. The van der Waals surface area contributed by atoms with Crippen LogP contribution in [0.1, 0.15) is 28.6 Å². The first-order valence-corrected chi connectivity index (χ1v) is 8.85. The smallest absolute Gasteiger partial charge is 0.417 e. The number of benzene rings is 2.